The first-order valence-electron chi connectivity index (χ1n) is 24.5. The van der Waals surface area contributed by atoms with Gasteiger partial charge in [-0.15, -0.1) is 0 Å². The number of carbonyl (C=O) groups is 10. The van der Waals surface area contributed by atoms with Gasteiger partial charge in [-0.3, -0.25) is 52.9 Å². The molecule has 0 spiro atoms. The van der Waals surface area contributed by atoms with Crippen LogP contribution in [0.4, 0.5) is 0 Å². The lowest BCUT2D eigenvalue weighted by atomic mass is 10.00. The zero-order chi connectivity index (χ0) is 55.8. The van der Waals surface area contributed by atoms with Gasteiger partial charge < -0.3 is 85.7 Å². The third-order valence-corrected chi connectivity index (χ3v) is 11.6. The number of carbonyl (C=O) groups excluding carboxylic acids is 10. The maximum atomic E-state index is 14.3. The maximum Gasteiger partial charge on any atom is 0.272 e. The molecule has 414 valence electrons. The van der Waals surface area contributed by atoms with Gasteiger partial charge in [0.15, 0.2) is 0 Å². The molecule has 28 heteroatoms. The van der Waals surface area contributed by atoms with Gasteiger partial charge in [0.05, 0.1) is 25.0 Å². The molecule has 0 radical (unpaired) electrons. The molecule has 0 saturated carbocycles. The van der Waals surface area contributed by atoms with Crippen molar-refractivity contribution in [3.8, 4) is 0 Å². The van der Waals surface area contributed by atoms with Crippen molar-refractivity contribution in [2.75, 3.05) is 32.8 Å². The van der Waals surface area contributed by atoms with Crippen LogP contribution in [-0.4, -0.2) is 184 Å². The number of amides is 10. The molecule has 1 aromatic carbocycles. The minimum Gasteiger partial charge on any atom is -0.394 e. The highest BCUT2D eigenvalue weighted by molar-refractivity contribution is 6.00. The molecule has 2 aromatic rings. The van der Waals surface area contributed by atoms with E-state index in [0.717, 1.165) is 13.1 Å². The number of nitrogens with zero attached hydrogens (tertiary/aromatic N) is 2. The Kier molecular flexibility index (Phi) is 26.0. The Labute approximate surface area is 433 Å². The molecule has 1 aromatic heterocycles. The van der Waals surface area contributed by atoms with Crippen LogP contribution < -0.4 is 70.4 Å². The Morgan fingerprint density at radius 2 is 1.19 bits per heavy atom. The topological polar surface area (TPSA) is 456 Å². The molecule has 1 aliphatic heterocycles. The fourth-order valence-electron chi connectivity index (χ4n) is 7.57. The van der Waals surface area contributed by atoms with Gasteiger partial charge in [0.1, 0.15) is 60.1 Å². The number of aliphatic hydroxyl groups excluding tert-OH is 3. The molecular weight excluding hydrogens is 983 g/mol. The summed E-state index contributed by atoms with van der Waals surface area (Å²) in [6.45, 7) is 3.87. The quantitative estimate of drug-likeness (QED) is 0.0622. The first-order valence-corrected chi connectivity index (χ1v) is 24.5. The monoisotopic (exact) mass is 1060 g/mol. The number of nitrogens with one attached hydrogen (secondary N) is 10. The van der Waals surface area contributed by atoms with E-state index in [1.807, 2.05) is 0 Å². The number of hydrogen-bond acceptors (Lipinski definition) is 18. The van der Waals surface area contributed by atoms with Crippen molar-refractivity contribution in [2.24, 2.45) is 23.1 Å². The molecule has 3 rings (SSSR count). The lowest BCUT2D eigenvalue weighted by Gasteiger charge is -2.28. The summed E-state index contributed by atoms with van der Waals surface area (Å²) in [6.07, 6.45) is -0.649. The fourth-order valence-corrected chi connectivity index (χ4v) is 7.57. The van der Waals surface area contributed by atoms with Crippen molar-refractivity contribution in [2.45, 2.75) is 133 Å². The van der Waals surface area contributed by atoms with Crippen LogP contribution >= 0.6 is 0 Å². The minimum absolute atomic E-state index is 0.0446. The summed E-state index contributed by atoms with van der Waals surface area (Å²) >= 11 is 0. The Morgan fingerprint density at radius 1 is 0.667 bits per heavy atom. The molecular formula is C47H73N15O13. The van der Waals surface area contributed by atoms with Crippen LogP contribution in [0.3, 0.4) is 0 Å². The van der Waals surface area contributed by atoms with Crippen molar-refractivity contribution in [3.05, 3.63) is 60.2 Å². The summed E-state index contributed by atoms with van der Waals surface area (Å²) in [5.41, 5.74) is 17.9. The number of nitrogens with two attached hydrogens (primary N) is 3. The van der Waals surface area contributed by atoms with E-state index in [0.29, 0.717) is 5.56 Å². The van der Waals surface area contributed by atoms with Crippen LogP contribution in [0.25, 0.3) is 0 Å². The first-order chi connectivity index (χ1) is 35.6. The molecule has 0 bridgehead atoms. The van der Waals surface area contributed by atoms with E-state index < -0.39 is 145 Å². The second-order valence-corrected chi connectivity index (χ2v) is 18.3. The normalized spacial score (nSPS) is 23.5. The Morgan fingerprint density at radius 3 is 1.69 bits per heavy atom. The summed E-state index contributed by atoms with van der Waals surface area (Å²) in [5.74, 6) is -9.95. The van der Waals surface area contributed by atoms with Gasteiger partial charge in [0.2, 0.25) is 53.2 Å². The highest BCUT2D eigenvalue weighted by Gasteiger charge is 2.37. The molecule has 2 heterocycles. The number of benzene rings is 1. The molecule has 11 atom stereocenters. The third kappa shape index (κ3) is 20.2. The van der Waals surface area contributed by atoms with Crippen LogP contribution in [0.2, 0.25) is 0 Å². The smallest absolute Gasteiger partial charge is 0.272 e. The minimum atomic E-state index is -1.85. The first kappa shape index (κ1) is 62.1. The summed E-state index contributed by atoms with van der Waals surface area (Å²) in [4.78, 5) is 146. The zero-order valence-electron chi connectivity index (χ0n) is 42.4. The van der Waals surface area contributed by atoms with Crippen LogP contribution in [0.15, 0.2) is 48.9 Å². The summed E-state index contributed by atoms with van der Waals surface area (Å²) < 4.78 is 0. The average molecular weight is 1060 g/mol. The summed E-state index contributed by atoms with van der Waals surface area (Å²) in [7, 11) is 0. The third-order valence-electron chi connectivity index (χ3n) is 11.6. The Bertz CT molecular complexity index is 2240. The van der Waals surface area contributed by atoms with Crippen molar-refractivity contribution in [1.29, 1.82) is 0 Å². The Balaban J connectivity index is 2.10. The molecule has 1 aliphatic rings. The maximum absolute atomic E-state index is 14.3. The van der Waals surface area contributed by atoms with Crippen LogP contribution in [0.5, 0.6) is 0 Å². The van der Waals surface area contributed by atoms with Gasteiger partial charge >= 0.3 is 0 Å². The van der Waals surface area contributed by atoms with E-state index in [1.54, 1.807) is 44.2 Å². The molecule has 75 heavy (non-hydrogen) atoms. The largest absolute Gasteiger partial charge is 0.394 e. The predicted molar refractivity (Wildman–Crippen MR) is 267 cm³/mol. The van der Waals surface area contributed by atoms with E-state index in [9.17, 15) is 63.3 Å². The van der Waals surface area contributed by atoms with Gasteiger partial charge in [-0.2, -0.15) is 0 Å². The van der Waals surface area contributed by atoms with Crippen molar-refractivity contribution < 1.29 is 63.3 Å². The SMILES string of the molecule is CC(C)CC1NC(=O)[C@@H](Cc2ccccc2)NC(=O)[C@H](CCN)NC(=O)[C@@H](NC(=O)[C@@H](CO)NC(=O)[C@@H](NC(=O)c2cnccn2)[C@@H](C)O)CCNC(=O)[C@H]([C@@H](C)O)NC(=O)[C@H](CCN)NC(=O)[C@H](CCN)NC1=O. The second kappa shape index (κ2) is 31.5. The summed E-state index contributed by atoms with van der Waals surface area (Å²) in [6, 6.07) is -5.44. The van der Waals surface area contributed by atoms with Crippen molar-refractivity contribution >= 4 is 59.1 Å². The van der Waals surface area contributed by atoms with Gasteiger partial charge in [-0.25, -0.2) is 4.98 Å². The summed E-state index contributed by atoms with van der Waals surface area (Å²) in [5, 5.41) is 56.0. The second-order valence-electron chi connectivity index (χ2n) is 18.3. The van der Waals surface area contributed by atoms with E-state index in [-0.39, 0.29) is 63.4 Å². The molecule has 1 saturated heterocycles. The van der Waals surface area contributed by atoms with Crippen LogP contribution in [-0.2, 0) is 49.6 Å². The molecule has 28 nitrogen and oxygen atoms in total. The van der Waals surface area contributed by atoms with E-state index in [1.165, 1.54) is 19.3 Å². The molecule has 1 unspecified atom stereocenters. The molecule has 10 amide bonds. The van der Waals surface area contributed by atoms with E-state index in [4.69, 9.17) is 17.2 Å². The van der Waals surface area contributed by atoms with Crippen LogP contribution in [0, 0.1) is 5.92 Å². The number of rotatable bonds is 19. The van der Waals surface area contributed by atoms with Crippen LogP contribution in [0.1, 0.15) is 75.9 Å². The lowest BCUT2D eigenvalue weighted by molar-refractivity contribution is -0.136. The van der Waals surface area contributed by atoms with Gasteiger partial charge in [0.25, 0.3) is 5.91 Å². The fraction of sp³-hybridized carbons (Fsp3) is 0.574. The van der Waals surface area contributed by atoms with Gasteiger partial charge in [0, 0.05) is 25.4 Å². The molecule has 1 fully saturated rings. The number of hydrogen-bond donors (Lipinski definition) is 16. The standard InChI is InChI=1S/C47H73N15O13/c1-24(2)20-32-42(70)56-28(10-14-48)38(66)55-30(12-16-50)41(69)61-36(25(3)64)46(74)53-17-13-31(40(68)54-29(11-15-49)39(67)59-33(43(71)58-32)21-27-8-6-5-7-9-27)57-45(73)35(23-63)60-47(75)37(26(4)65)62-44(72)34-22-51-18-19-52-34/h5-9,18-19,22,24-26,28-33,35-37,63-65H,10-17,20-21,23,48-50H2,1-4H3,(H,53,74)(H,54,68)(H,55,66)(H,56,70)(H,57,73)(H,58,71)(H,59,67)(H,60,75)(H,61,69)(H,62,72)/t25-,26-,28+,29+,30+,31+,32?,33-,35-,36+,37+/m1/s1. The van der Waals surface area contributed by atoms with E-state index >= 15 is 0 Å². The number of aliphatic hydroxyl groups is 3. The zero-order valence-corrected chi connectivity index (χ0v) is 42.4. The number of aromatic nitrogens is 2. The molecule has 19 N–H and O–H groups in total. The van der Waals surface area contributed by atoms with Crippen molar-refractivity contribution in [1.82, 2.24) is 63.1 Å². The van der Waals surface area contributed by atoms with Gasteiger partial charge in [-0.1, -0.05) is 44.2 Å². The Hall–Kier alpha value is -7.24. The highest BCUT2D eigenvalue weighted by Crippen LogP contribution is 2.11. The predicted octanol–water partition coefficient (Wildman–Crippen LogP) is -6.94. The van der Waals surface area contributed by atoms with E-state index in [2.05, 4.69) is 63.1 Å². The van der Waals surface area contributed by atoms with Crippen molar-refractivity contribution in [3.63, 3.8) is 0 Å². The average Bonchev–Trinajstić information content (AvgIpc) is 3.37. The highest BCUT2D eigenvalue weighted by atomic mass is 16.3. The lowest BCUT2D eigenvalue weighted by Crippen LogP contribution is -2.61. The molecule has 0 aliphatic carbocycles. The van der Waals surface area contributed by atoms with Gasteiger partial charge in [-0.05, 0) is 77.1 Å².